The van der Waals surface area contributed by atoms with E-state index in [1.165, 1.54) is 23.8 Å². The van der Waals surface area contributed by atoms with Crippen LogP contribution >= 0.6 is 23.8 Å². The van der Waals surface area contributed by atoms with E-state index in [1.54, 1.807) is 6.07 Å². The number of methoxy groups -OCH3 is 1. The highest BCUT2D eigenvalue weighted by molar-refractivity contribution is 7.71. The molecular weight excluding hydrogens is 476 g/mol. The highest BCUT2D eigenvalue weighted by Crippen LogP contribution is 2.25. The van der Waals surface area contributed by atoms with Crippen LogP contribution in [-0.4, -0.2) is 59.6 Å². The molecular formula is C24H25ClN4O4S. The first kappa shape index (κ1) is 24.0. The first-order chi connectivity index (χ1) is 16.3. The summed E-state index contributed by atoms with van der Waals surface area (Å²) in [4.78, 5) is 44.6. The maximum absolute atomic E-state index is 13.0. The zero-order valence-corrected chi connectivity index (χ0v) is 20.5. The third kappa shape index (κ3) is 4.85. The van der Waals surface area contributed by atoms with E-state index in [-0.39, 0.29) is 29.2 Å². The van der Waals surface area contributed by atoms with Crippen LogP contribution in [0.4, 0.5) is 5.69 Å². The van der Waals surface area contributed by atoms with Gasteiger partial charge in [0.15, 0.2) is 4.77 Å². The highest BCUT2D eigenvalue weighted by Gasteiger charge is 2.22. The van der Waals surface area contributed by atoms with Crippen LogP contribution in [0.15, 0.2) is 41.2 Å². The summed E-state index contributed by atoms with van der Waals surface area (Å²) in [7, 11) is 1.29. The number of ether oxygens (including phenoxy) is 1. The SMILES string of the molecule is COC(=O)c1ccc2c(=O)n(CCC(=O)N3CCN(c4cc(Cl)ccc4C)CC3)c(=S)[nH]c2c1. The second-order valence-corrected chi connectivity index (χ2v) is 9.01. The number of rotatable bonds is 5. The molecule has 34 heavy (non-hydrogen) atoms. The molecule has 0 spiro atoms. The number of nitrogens with zero attached hydrogens (tertiary/aromatic N) is 3. The van der Waals surface area contributed by atoms with Crippen molar-refractivity contribution in [3.8, 4) is 0 Å². The molecule has 1 fully saturated rings. The summed E-state index contributed by atoms with van der Waals surface area (Å²) in [6.07, 6.45) is 0.166. The quantitative estimate of drug-likeness (QED) is 0.426. The molecule has 178 valence electrons. The van der Waals surface area contributed by atoms with Gasteiger partial charge in [0.25, 0.3) is 5.56 Å². The lowest BCUT2D eigenvalue weighted by Gasteiger charge is -2.37. The molecule has 10 heteroatoms. The number of aryl methyl sites for hydroxylation is 1. The lowest BCUT2D eigenvalue weighted by atomic mass is 10.1. The number of hydrogen-bond donors (Lipinski definition) is 1. The number of nitrogens with one attached hydrogen (secondary N) is 1. The van der Waals surface area contributed by atoms with Crippen LogP contribution in [0, 0.1) is 11.7 Å². The van der Waals surface area contributed by atoms with Crippen molar-refractivity contribution in [1.29, 1.82) is 0 Å². The molecule has 0 unspecified atom stereocenters. The van der Waals surface area contributed by atoms with Gasteiger partial charge in [-0.15, -0.1) is 0 Å². The number of benzene rings is 2. The summed E-state index contributed by atoms with van der Waals surface area (Å²) in [5.41, 5.74) is 2.70. The van der Waals surface area contributed by atoms with Crippen molar-refractivity contribution in [1.82, 2.24) is 14.5 Å². The fourth-order valence-electron chi connectivity index (χ4n) is 4.19. The number of carbonyl (C=O) groups is 2. The maximum Gasteiger partial charge on any atom is 0.337 e. The van der Waals surface area contributed by atoms with E-state index < -0.39 is 5.97 Å². The Balaban J connectivity index is 1.42. The first-order valence-electron chi connectivity index (χ1n) is 10.9. The topological polar surface area (TPSA) is 87.6 Å². The summed E-state index contributed by atoms with van der Waals surface area (Å²) in [6, 6.07) is 10.5. The molecule has 0 saturated carbocycles. The molecule has 2 aromatic carbocycles. The molecule has 4 rings (SSSR count). The van der Waals surface area contributed by atoms with Crippen LogP contribution in [0.5, 0.6) is 0 Å². The van der Waals surface area contributed by atoms with Crippen LogP contribution in [0.25, 0.3) is 10.9 Å². The van der Waals surface area contributed by atoms with Crippen LogP contribution in [0.1, 0.15) is 22.3 Å². The Morgan fingerprint density at radius 3 is 2.56 bits per heavy atom. The maximum atomic E-state index is 13.0. The third-order valence-corrected chi connectivity index (χ3v) is 6.65. The van der Waals surface area contributed by atoms with Crippen molar-refractivity contribution < 1.29 is 14.3 Å². The largest absolute Gasteiger partial charge is 0.465 e. The zero-order chi connectivity index (χ0) is 24.4. The Labute approximate surface area is 206 Å². The molecule has 1 amide bonds. The molecule has 0 aliphatic carbocycles. The van der Waals surface area contributed by atoms with Crippen molar-refractivity contribution in [2.24, 2.45) is 0 Å². The smallest absolute Gasteiger partial charge is 0.337 e. The molecule has 0 bridgehead atoms. The summed E-state index contributed by atoms with van der Waals surface area (Å²) in [5.74, 6) is -0.522. The molecule has 1 N–H and O–H groups in total. The third-order valence-electron chi connectivity index (χ3n) is 6.10. The van der Waals surface area contributed by atoms with E-state index in [9.17, 15) is 14.4 Å². The number of halogens is 1. The number of H-pyrrole nitrogens is 1. The zero-order valence-electron chi connectivity index (χ0n) is 19.0. The van der Waals surface area contributed by atoms with Gasteiger partial charge in [-0.1, -0.05) is 17.7 Å². The predicted molar refractivity (Wildman–Crippen MR) is 134 cm³/mol. The fourth-order valence-corrected chi connectivity index (χ4v) is 4.64. The molecule has 0 radical (unpaired) electrons. The Bertz CT molecular complexity index is 1380. The van der Waals surface area contributed by atoms with E-state index in [1.807, 2.05) is 30.0 Å². The van der Waals surface area contributed by atoms with E-state index in [0.717, 1.165) is 11.3 Å². The van der Waals surface area contributed by atoms with Crippen LogP contribution in [0.2, 0.25) is 5.02 Å². The number of amides is 1. The van der Waals surface area contributed by atoms with Crippen molar-refractivity contribution in [2.75, 3.05) is 38.2 Å². The van der Waals surface area contributed by atoms with Gasteiger partial charge in [-0.25, -0.2) is 4.79 Å². The van der Waals surface area contributed by atoms with Gasteiger partial charge in [0, 0.05) is 49.9 Å². The average molecular weight is 501 g/mol. The van der Waals surface area contributed by atoms with Crippen molar-refractivity contribution >= 4 is 52.3 Å². The van der Waals surface area contributed by atoms with E-state index in [0.29, 0.717) is 47.7 Å². The van der Waals surface area contributed by atoms with Crippen molar-refractivity contribution in [2.45, 2.75) is 19.9 Å². The van der Waals surface area contributed by atoms with E-state index in [4.69, 9.17) is 28.6 Å². The Kier molecular flexibility index (Phi) is 7.04. The molecule has 3 aromatic rings. The van der Waals surface area contributed by atoms with Crippen LogP contribution in [-0.2, 0) is 16.1 Å². The van der Waals surface area contributed by atoms with Crippen molar-refractivity contribution in [3.05, 3.63) is 67.7 Å². The lowest BCUT2D eigenvalue weighted by molar-refractivity contribution is -0.131. The van der Waals surface area contributed by atoms with Gasteiger partial charge in [0.2, 0.25) is 5.91 Å². The Hall–Kier alpha value is -3.17. The number of hydrogen-bond acceptors (Lipinski definition) is 6. The average Bonchev–Trinajstić information content (AvgIpc) is 2.84. The monoisotopic (exact) mass is 500 g/mol. The highest BCUT2D eigenvalue weighted by atomic mass is 35.5. The minimum atomic E-state index is -0.499. The number of fused-ring (bicyclic) bond motifs is 1. The summed E-state index contributed by atoms with van der Waals surface area (Å²) in [5, 5.41) is 1.08. The molecule has 0 atom stereocenters. The number of piperazine rings is 1. The van der Waals surface area contributed by atoms with E-state index in [2.05, 4.69) is 9.88 Å². The fraction of sp³-hybridized carbons (Fsp3) is 0.333. The van der Waals surface area contributed by atoms with Crippen molar-refractivity contribution in [3.63, 3.8) is 0 Å². The van der Waals surface area contributed by atoms with E-state index >= 15 is 0 Å². The van der Waals surface area contributed by atoms with Gasteiger partial charge in [-0.3, -0.25) is 14.2 Å². The minimum absolute atomic E-state index is 0.0232. The molecule has 1 saturated heterocycles. The number of carbonyl (C=O) groups excluding carboxylic acids is 2. The van der Waals surface area contributed by atoms with Gasteiger partial charge in [-0.05, 0) is 55.0 Å². The lowest BCUT2D eigenvalue weighted by Crippen LogP contribution is -2.49. The minimum Gasteiger partial charge on any atom is -0.465 e. The van der Waals surface area contributed by atoms with Crippen LogP contribution in [0.3, 0.4) is 0 Å². The number of anilines is 1. The number of aromatic amines is 1. The summed E-state index contributed by atoms with van der Waals surface area (Å²) >= 11 is 11.5. The Morgan fingerprint density at radius 1 is 1.12 bits per heavy atom. The second kappa shape index (κ2) is 9.99. The molecule has 2 heterocycles. The van der Waals surface area contributed by atoms with Gasteiger partial charge >= 0.3 is 5.97 Å². The van der Waals surface area contributed by atoms with Gasteiger partial charge in [-0.2, -0.15) is 0 Å². The normalized spacial score (nSPS) is 13.9. The first-order valence-corrected chi connectivity index (χ1v) is 11.7. The molecule has 1 aromatic heterocycles. The number of aromatic nitrogens is 2. The van der Waals surface area contributed by atoms with Gasteiger partial charge in [0.1, 0.15) is 0 Å². The molecule has 1 aliphatic rings. The van der Waals surface area contributed by atoms with Gasteiger partial charge < -0.3 is 19.5 Å². The molecule has 1 aliphatic heterocycles. The predicted octanol–water partition coefficient (Wildman–Crippen LogP) is 3.55. The van der Waals surface area contributed by atoms with Crippen LogP contribution < -0.4 is 10.5 Å². The molecule has 8 nitrogen and oxygen atoms in total. The standard InChI is InChI=1S/C24H25ClN4O4S/c1-15-3-5-17(25)14-20(15)27-9-11-28(12-10-27)21(30)7-8-29-22(31)18-6-4-16(23(32)33-2)13-19(18)26-24(29)34/h3-6,13-14H,7-12H2,1-2H3,(H,26,34). The second-order valence-electron chi connectivity index (χ2n) is 8.19. The summed E-state index contributed by atoms with van der Waals surface area (Å²) < 4.78 is 6.31. The van der Waals surface area contributed by atoms with Gasteiger partial charge in [0.05, 0.1) is 23.6 Å². The Morgan fingerprint density at radius 2 is 1.85 bits per heavy atom. The summed E-state index contributed by atoms with van der Waals surface area (Å²) in [6.45, 7) is 4.84. The number of esters is 1.